The van der Waals surface area contributed by atoms with E-state index < -0.39 is 0 Å². The van der Waals surface area contributed by atoms with Crippen molar-refractivity contribution in [1.82, 2.24) is 19.6 Å². The Morgan fingerprint density at radius 3 is 2.94 bits per heavy atom. The van der Waals surface area contributed by atoms with Gasteiger partial charge in [0.25, 0.3) is 0 Å². The first-order valence-electron chi connectivity index (χ1n) is 4.90. The van der Waals surface area contributed by atoms with Crippen molar-refractivity contribution >= 4 is 17.3 Å². The first-order chi connectivity index (χ1) is 7.92. The molecule has 0 aliphatic heterocycles. The summed E-state index contributed by atoms with van der Waals surface area (Å²) in [6, 6.07) is 9.51. The molecule has 3 heterocycles. The molecule has 0 radical (unpaired) electrons. The smallest absolute Gasteiger partial charge is 0.246 e. The van der Waals surface area contributed by atoms with E-state index in [1.165, 1.54) is 0 Å². The highest BCUT2D eigenvalue weighted by Gasteiger charge is 1.99. The fourth-order valence-corrected chi connectivity index (χ4v) is 1.44. The summed E-state index contributed by atoms with van der Waals surface area (Å²) in [5.74, 6) is 1.26. The summed E-state index contributed by atoms with van der Waals surface area (Å²) in [5.41, 5.74) is 0.964. The lowest BCUT2D eigenvalue weighted by atomic mass is 10.5. The summed E-state index contributed by atoms with van der Waals surface area (Å²) in [7, 11) is 0. The summed E-state index contributed by atoms with van der Waals surface area (Å²) in [6.07, 6.45) is 5.36. The van der Waals surface area contributed by atoms with E-state index in [1.54, 1.807) is 16.9 Å². The number of nitrogens with zero attached hydrogens (tertiary/aromatic N) is 4. The Hall–Kier alpha value is -2.43. The molecule has 0 aromatic carbocycles. The minimum atomic E-state index is 0.530. The normalized spacial score (nSPS) is 10.5. The van der Waals surface area contributed by atoms with Crippen LogP contribution in [0.4, 0.5) is 11.8 Å². The van der Waals surface area contributed by atoms with E-state index in [4.69, 9.17) is 0 Å². The highest BCUT2D eigenvalue weighted by Crippen LogP contribution is 2.09. The average molecular weight is 211 g/mol. The van der Waals surface area contributed by atoms with Gasteiger partial charge in [0.1, 0.15) is 5.82 Å². The molecule has 0 bridgehead atoms. The fourth-order valence-electron chi connectivity index (χ4n) is 1.44. The Morgan fingerprint density at radius 2 is 2.06 bits per heavy atom. The maximum Gasteiger partial charge on any atom is 0.246 e. The topological polar surface area (TPSA) is 55.1 Å². The molecule has 0 aliphatic rings. The molecule has 0 amide bonds. The molecule has 0 saturated heterocycles. The highest BCUT2D eigenvalue weighted by atomic mass is 15.3. The summed E-state index contributed by atoms with van der Waals surface area (Å²) in [6.45, 7) is 0. The lowest BCUT2D eigenvalue weighted by Gasteiger charge is -2.03. The number of fused-ring (bicyclic) bond motifs is 1. The van der Waals surface area contributed by atoms with Crippen molar-refractivity contribution < 1.29 is 0 Å². The Kier molecular flexibility index (Phi) is 2.00. The molecule has 0 saturated carbocycles. The number of anilines is 2. The van der Waals surface area contributed by atoms with Gasteiger partial charge in [-0.25, -0.2) is 14.5 Å². The van der Waals surface area contributed by atoms with Crippen LogP contribution in [0.25, 0.3) is 5.52 Å². The van der Waals surface area contributed by atoms with Crippen LogP contribution in [-0.2, 0) is 0 Å². The molecule has 3 aromatic heterocycles. The monoisotopic (exact) mass is 211 g/mol. The van der Waals surface area contributed by atoms with Crippen LogP contribution in [0.3, 0.4) is 0 Å². The Balaban J connectivity index is 1.94. The lowest BCUT2D eigenvalue weighted by Crippen LogP contribution is -2.01. The third-order valence-electron chi connectivity index (χ3n) is 2.19. The maximum atomic E-state index is 4.28. The molecule has 3 aromatic rings. The molecule has 0 aliphatic carbocycles. The molecule has 0 atom stereocenters. The van der Waals surface area contributed by atoms with E-state index in [9.17, 15) is 0 Å². The number of hydrogen-bond acceptors (Lipinski definition) is 4. The average Bonchev–Trinajstić information content (AvgIpc) is 2.77. The van der Waals surface area contributed by atoms with Crippen LogP contribution in [0, 0.1) is 0 Å². The zero-order valence-electron chi connectivity index (χ0n) is 8.41. The fraction of sp³-hybridized carbons (Fsp3) is 0. The second-order valence-corrected chi connectivity index (χ2v) is 3.30. The zero-order valence-corrected chi connectivity index (χ0v) is 8.41. The van der Waals surface area contributed by atoms with E-state index in [-0.39, 0.29) is 0 Å². The van der Waals surface area contributed by atoms with Crippen LogP contribution in [0.2, 0.25) is 0 Å². The van der Waals surface area contributed by atoms with Crippen LogP contribution in [0.15, 0.2) is 48.9 Å². The molecule has 0 fully saturated rings. The van der Waals surface area contributed by atoms with Crippen LogP contribution in [-0.4, -0.2) is 19.6 Å². The quantitative estimate of drug-likeness (QED) is 0.703. The zero-order chi connectivity index (χ0) is 10.8. The van der Waals surface area contributed by atoms with E-state index in [2.05, 4.69) is 20.4 Å². The number of nitrogens with one attached hydrogen (secondary N) is 1. The highest BCUT2D eigenvalue weighted by molar-refractivity contribution is 5.50. The van der Waals surface area contributed by atoms with Crippen LogP contribution >= 0.6 is 0 Å². The van der Waals surface area contributed by atoms with Gasteiger partial charge in [-0.1, -0.05) is 6.07 Å². The van der Waals surface area contributed by atoms with Crippen molar-refractivity contribution in [3.8, 4) is 0 Å². The van der Waals surface area contributed by atoms with Gasteiger partial charge in [0.2, 0.25) is 5.95 Å². The number of hydrogen-bond donors (Lipinski definition) is 1. The van der Waals surface area contributed by atoms with Crippen molar-refractivity contribution in [3.63, 3.8) is 0 Å². The van der Waals surface area contributed by atoms with Gasteiger partial charge in [-0.05, 0) is 24.3 Å². The number of aromatic nitrogens is 4. The van der Waals surface area contributed by atoms with Gasteiger partial charge in [-0.15, -0.1) is 5.10 Å². The predicted molar refractivity (Wildman–Crippen MR) is 60.5 cm³/mol. The standard InChI is InChI=1S/C11H9N5/c1-2-6-12-10(5-1)14-11-13-8-9-4-3-7-16(9)15-11/h1-8H,(H,12,14,15). The van der Waals surface area contributed by atoms with Gasteiger partial charge in [0, 0.05) is 12.4 Å². The molecular weight excluding hydrogens is 202 g/mol. The molecule has 3 rings (SSSR count). The van der Waals surface area contributed by atoms with Crippen molar-refractivity contribution in [2.45, 2.75) is 0 Å². The number of rotatable bonds is 2. The van der Waals surface area contributed by atoms with Gasteiger partial charge in [-0.2, -0.15) is 0 Å². The largest absolute Gasteiger partial charge is 0.308 e. The molecule has 78 valence electrons. The van der Waals surface area contributed by atoms with Crippen LogP contribution in [0.5, 0.6) is 0 Å². The number of pyridine rings is 1. The minimum absolute atomic E-state index is 0.530. The van der Waals surface area contributed by atoms with Crippen molar-refractivity contribution in [2.75, 3.05) is 5.32 Å². The second kappa shape index (κ2) is 3.62. The molecule has 1 N–H and O–H groups in total. The summed E-state index contributed by atoms with van der Waals surface area (Å²) >= 11 is 0. The lowest BCUT2D eigenvalue weighted by molar-refractivity contribution is 0.911. The van der Waals surface area contributed by atoms with Gasteiger partial charge < -0.3 is 5.32 Å². The maximum absolute atomic E-state index is 4.28. The van der Waals surface area contributed by atoms with E-state index >= 15 is 0 Å². The van der Waals surface area contributed by atoms with Gasteiger partial charge in [0.05, 0.1) is 11.7 Å². The van der Waals surface area contributed by atoms with Crippen molar-refractivity contribution in [2.24, 2.45) is 0 Å². The summed E-state index contributed by atoms with van der Waals surface area (Å²) in [4.78, 5) is 8.33. The molecule has 5 heteroatoms. The Morgan fingerprint density at radius 1 is 1.06 bits per heavy atom. The third kappa shape index (κ3) is 1.58. The summed E-state index contributed by atoms with van der Waals surface area (Å²) in [5, 5.41) is 7.32. The first-order valence-corrected chi connectivity index (χ1v) is 4.90. The summed E-state index contributed by atoms with van der Waals surface area (Å²) < 4.78 is 1.76. The van der Waals surface area contributed by atoms with E-state index in [0.717, 1.165) is 11.3 Å². The predicted octanol–water partition coefficient (Wildman–Crippen LogP) is 1.87. The SMILES string of the molecule is c1ccc(Nc2ncc3cccn3n2)nc1. The van der Waals surface area contributed by atoms with E-state index in [1.807, 2.05) is 36.5 Å². The molecule has 16 heavy (non-hydrogen) atoms. The molecule has 0 unspecified atom stereocenters. The second-order valence-electron chi connectivity index (χ2n) is 3.30. The van der Waals surface area contributed by atoms with E-state index in [0.29, 0.717) is 5.95 Å². The molecule has 5 nitrogen and oxygen atoms in total. The third-order valence-corrected chi connectivity index (χ3v) is 2.19. The van der Waals surface area contributed by atoms with Gasteiger partial charge in [-0.3, -0.25) is 0 Å². The van der Waals surface area contributed by atoms with Crippen molar-refractivity contribution in [1.29, 1.82) is 0 Å². The van der Waals surface area contributed by atoms with Gasteiger partial charge in [0.15, 0.2) is 0 Å². The molecule has 0 spiro atoms. The Bertz CT molecular complexity index is 602. The van der Waals surface area contributed by atoms with Gasteiger partial charge >= 0.3 is 0 Å². The van der Waals surface area contributed by atoms with Crippen LogP contribution in [0.1, 0.15) is 0 Å². The Labute approximate surface area is 91.8 Å². The first kappa shape index (κ1) is 8.84. The van der Waals surface area contributed by atoms with Crippen molar-refractivity contribution in [3.05, 3.63) is 48.9 Å². The van der Waals surface area contributed by atoms with Crippen LogP contribution < -0.4 is 5.32 Å². The minimum Gasteiger partial charge on any atom is -0.308 e. The molecular formula is C11H9N5.